The molecule has 1 heterocycles. The van der Waals surface area contributed by atoms with Crippen molar-refractivity contribution in [1.82, 2.24) is 4.90 Å². The Kier molecular flexibility index (Phi) is 5.21. The van der Waals surface area contributed by atoms with Crippen LogP contribution in [0.2, 0.25) is 0 Å². The van der Waals surface area contributed by atoms with E-state index in [-0.39, 0.29) is 12.5 Å². The molecule has 1 unspecified atom stereocenters. The maximum atomic E-state index is 9.68. The standard InChI is InChI=1S/C16H25NO/c1-14-8-4-5-9-16(14)15(13-18)12-17-10-6-2-3-7-11-17/h4-5,8-9,15,18H,2-3,6-7,10-13H2,1H3. The molecule has 1 N–H and O–H groups in total. The van der Waals surface area contributed by atoms with Crippen molar-refractivity contribution >= 4 is 0 Å². The molecule has 1 aliphatic heterocycles. The molecule has 1 aliphatic rings. The summed E-state index contributed by atoms with van der Waals surface area (Å²) in [5, 5.41) is 9.68. The summed E-state index contributed by atoms with van der Waals surface area (Å²) in [7, 11) is 0. The first kappa shape index (κ1) is 13.6. The average Bonchev–Trinajstić information content (AvgIpc) is 2.65. The highest BCUT2D eigenvalue weighted by molar-refractivity contribution is 5.29. The maximum Gasteiger partial charge on any atom is 0.0512 e. The van der Waals surface area contributed by atoms with Crippen molar-refractivity contribution in [3.63, 3.8) is 0 Å². The zero-order valence-electron chi connectivity index (χ0n) is 11.4. The van der Waals surface area contributed by atoms with Crippen molar-refractivity contribution in [3.05, 3.63) is 35.4 Å². The van der Waals surface area contributed by atoms with Crippen LogP contribution in [0.15, 0.2) is 24.3 Å². The molecule has 2 rings (SSSR count). The van der Waals surface area contributed by atoms with Gasteiger partial charge >= 0.3 is 0 Å². The fourth-order valence-corrected chi connectivity index (χ4v) is 2.93. The second kappa shape index (κ2) is 6.91. The fraction of sp³-hybridized carbons (Fsp3) is 0.625. The van der Waals surface area contributed by atoms with Crippen LogP contribution in [0.5, 0.6) is 0 Å². The quantitative estimate of drug-likeness (QED) is 0.884. The van der Waals surface area contributed by atoms with Crippen LogP contribution in [0.1, 0.15) is 42.7 Å². The first-order valence-corrected chi connectivity index (χ1v) is 7.20. The second-order valence-corrected chi connectivity index (χ2v) is 5.45. The lowest BCUT2D eigenvalue weighted by atomic mass is 9.95. The van der Waals surface area contributed by atoms with E-state index in [0.29, 0.717) is 0 Å². The summed E-state index contributed by atoms with van der Waals surface area (Å²) in [6.07, 6.45) is 5.35. The van der Waals surface area contributed by atoms with Crippen molar-refractivity contribution in [1.29, 1.82) is 0 Å². The molecule has 0 aromatic heterocycles. The van der Waals surface area contributed by atoms with E-state index in [2.05, 4.69) is 36.1 Å². The van der Waals surface area contributed by atoms with Crippen molar-refractivity contribution in [2.75, 3.05) is 26.2 Å². The number of hydrogen-bond donors (Lipinski definition) is 1. The van der Waals surface area contributed by atoms with Gasteiger partial charge in [-0.15, -0.1) is 0 Å². The lowest BCUT2D eigenvalue weighted by Gasteiger charge is -2.26. The van der Waals surface area contributed by atoms with E-state index in [0.717, 1.165) is 6.54 Å². The first-order chi connectivity index (χ1) is 8.81. The first-order valence-electron chi connectivity index (χ1n) is 7.20. The zero-order chi connectivity index (χ0) is 12.8. The molecule has 0 saturated carbocycles. The van der Waals surface area contributed by atoms with Crippen LogP contribution in [0.4, 0.5) is 0 Å². The highest BCUT2D eigenvalue weighted by atomic mass is 16.3. The van der Waals surface area contributed by atoms with Gasteiger partial charge in [0.1, 0.15) is 0 Å². The van der Waals surface area contributed by atoms with Crippen LogP contribution < -0.4 is 0 Å². The fourth-order valence-electron chi connectivity index (χ4n) is 2.93. The van der Waals surface area contributed by atoms with Crippen molar-refractivity contribution in [2.45, 2.75) is 38.5 Å². The number of likely N-dealkylation sites (tertiary alicyclic amines) is 1. The topological polar surface area (TPSA) is 23.5 Å². The molecule has 0 radical (unpaired) electrons. The Morgan fingerprint density at radius 3 is 2.39 bits per heavy atom. The van der Waals surface area contributed by atoms with Gasteiger partial charge in [-0.05, 0) is 44.0 Å². The minimum absolute atomic E-state index is 0.251. The van der Waals surface area contributed by atoms with E-state index in [9.17, 15) is 5.11 Å². The Morgan fingerprint density at radius 1 is 1.11 bits per heavy atom. The number of aryl methyl sites for hydroxylation is 1. The molecule has 0 bridgehead atoms. The van der Waals surface area contributed by atoms with Crippen molar-refractivity contribution in [2.24, 2.45) is 0 Å². The third-order valence-electron chi connectivity index (χ3n) is 4.03. The number of rotatable bonds is 4. The third kappa shape index (κ3) is 3.56. The van der Waals surface area contributed by atoms with Crippen molar-refractivity contribution in [3.8, 4) is 0 Å². The predicted molar refractivity (Wildman–Crippen MR) is 75.9 cm³/mol. The van der Waals surface area contributed by atoms with Gasteiger partial charge in [-0.3, -0.25) is 0 Å². The minimum Gasteiger partial charge on any atom is -0.396 e. The summed E-state index contributed by atoms with van der Waals surface area (Å²) < 4.78 is 0. The Morgan fingerprint density at radius 2 is 1.78 bits per heavy atom. The molecule has 1 saturated heterocycles. The molecule has 100 valence electrons. The van der Waals surface area contributed by atoms with Gasteiger partial charge in [0.2, 0.25) is 0 Å². The molecular weight excluding hydrogens is 222 g/mol. The Hall–Kier alpha value is -0.860. The largest absolute Gasteiger partial charge is 0.396 e. The van der Waals surface area contributed by atoms with Gasteiger partial charge < -0.3 is 10.0 Å². The van der Waals surface area contributed by atoms with E-state index in [1.165, 1.54) is 49.9 Å². The number of hydrogen-bond acceptors (Lipinski definition) is 2. The predicted octanol–water partition coefficient (Wildman–Crippen LogP) is 2.95. The molecule has 0 aliphatic carbocycles. The smallest absolute Gasteiger partial charge is 0.0512 e. The lowest BCUT2D eigenvalue weighted by Crippen LogP contribution is -2.31. The molecule has 2 nitrogen and oxygen atoms in total. The van der Waals surface area contributed by atoms with Gasteiger partial charge in [0, 0.05) is 12.5 Å². The Labute approximate surface area is 111 Å². The van der Waals surface area contributed by atoms with Gasteiger partial charge in [0.15, 0.2) is 0 Å². The van der Waals surface area contributed by atoms with Crippen molar-refractivity contribution < 1.29 is 5.11 Å². The molecule has 18 heavy (non-hydrogen) atoms. The molecule has 1 aromatic carbocycles. The Balaban J connectivity index is 2.02. The normalized spacial score (nSPS) is 19.4. The maximum absolute atomic E-state index is 9.68. The summed E-state index contributed by atoms with van der Waals surface area (Å²) in [5.74, 6) is 0.268. The van der Waals surface area contributed by atoms with Gasteiger partial charge in [0.05, 0.1) is 6.61 Å². The van der Waals surface area contributed by atoms with Gasteiger partial charge in [-0.1, -0.05) is 37.1 Å². The van der Waals surface area contributed by atoms with Gasteiger partial charge in [0.25, 0.3) is 0 Å². The number of aliphatic hydroxyl groups is 1. The Bertz CT molecular complexity index is 356. The van der Waals surface area contributed by atoms with E-state index >= 15 is 0 Å². The molecule has 1 atom stereocenters. The summed E-state index contributed by atoms with van der Waals surface area (Å²) in [6, 6.07) is 8.45. The van der Waals surface area contributed by atoms with E-state index in [4.69, 9.17) is 0 Å². The molecule has 2 heteroatoms. The number of benzene rings is 1. The molecule has 1 fully saturated rings. The van der Waals surface area contributed by atoms with Crippen LogP contribution >= 0.6 is 0 Å². The SMILES string of the molecule is Cc1ccccc1C(CO)CN1CCCCCC1. The van der Waals surface area contributed by atoms with Crippen LogP contribution in [-0.4, -0.2) is 36.2 Å². The highest BCUT2D eigenvalue weighted by Gasteiger charge is 2.17. The minimum atomic E-state index is 0.251. The zero-order valence-corrected chi connectivity index (χ0v) is 11.4. The number of nitrogens with zero attached hydrogens (tertiary/aromatic N) is 1. The monoisotopic (exact) mass is 247 g/mol. The van der Waals surface area contributed by atoms with Gasteiger partial charge in [-0.25, -0.2) is 0 Å². The molecular formula is C16H25NO. The summed E-state index contributed by atoms with van der Waals surface area (Å²) in [5.41, 5.74) is 2.61. The third-order valence-corrected chi connectivity index (χ3v) is 4.03. The van der Waals surface area contributed by atoms with Crippen LogP contribution in [-0.2, 0) is 0 Å². The highest BCUT2D eigenvalue weighted by Crippen LogP contribution is 2.22. The summed E-state index contributed by atoms with van der Waals surface area (Å²) in [4.78, 5) is 2.53. The molecule has 0 spiro atoms. The van der Waals surface area contributed by atoms with E-state index in [1.807, 2.05) is 0 Å². The average molecular weight is 247 g/mol. The van der Waals surface area contributed by atoms with Gasteiger partial charge in [-0.2, -0.15) is 0 Å². The lowest BCUT2D eigenvalue weighted by molar-refractivity contribution is 0.203. The van der Waals surface area contributed by atoms with Crippen LogP contribution in [0, 0.1) is 6.92 Å². The molecule has 1 aromatic rings. The summed E-state index contributed by atoms with van der Waals surface area (Å²) in [6.45, 7) is 5.79. The van der Waals surface area contributed by atoms with Crippen LogP contribution in [0.3, 0.4) is 0 Å². The summed E-state index contributed by atoms with van der Waals surface area (Å²) >= 11 is 0. The second-order valence-electron chi connectivity index (χ2n) is 5.45. The number of aliphatic hydroxyl groups excluding tert-OH is 1. The van der Waals surface area contributed by atoms with Crippen LogP contribution in [0.25, 0.3) is 0 Å². The van der Waals surface area contributed by atoms with E-state index < -0.39 is 0 Å². The molecule has 0 amide bonds. The van der Waals surface area contributed by atoms with E-state index in [1.54, 1.807) is 0 Å².